The van der Waals surface area contributed by atoms with Gasteiger partial charge >= 0.3 is 7.12 Å². The Labute approximate surface area is 300 Å². The van der Waals surface area contributed by atoms with Crippen LogP contribution in [0.15, 0.2) is 168 Å². The Morgan fingerprint density at radius 3 is 1.47 bits per heavy atom. The Morgan fingerprint density at radius 2 is 0.902 bits per heavy atom. The third kappa shape index (κ3) is 6.68. The molecule has 1 N–H and O–H groups in total. The van der Waals surface area contributed by atoms with Crippen LogP contribution >= 0.6 is 0 Å². The summed E-state index contributed by atoms with van der Waals surface area (Å²) in [6.07, 6.45) is -0.456. The molecule has 0 amide bonds. The molecule has 2 aliphatic heterocycles. The van der Waals surface area contributed by atoms with E-state index < -0.39 is 24.5 Å². The van der Waals surface area contributed by atoms with E-state index in [-0.39, 0.29) is 0 Å². The molecule has 250 valence electrons. The Balaban J connectivity index is 1.19. The second-order valence-electron chi connectivity index (χ2n) is 14.2. The number of amidine groups is 2. The average molecular weight is 666 g/mol. The van der Waals surface area contributed by atoms with Crippen LogP contribution in [0.2, 0.25) is 0 Å². The van der Waals surface area contributed by atoms with Crippen molar-refractivity contribution in [3.05, 3.63) is 174 Å². The van der Waals surface area contributed by atoms with E-state index in [0.29, 0.717) is 0 Å². The van der Waals surface area contributed by atoms with E-state index in [1.165, 1.54) is 22.3 Å². The first-order chi connectivity index (χ1) is 24.7. The first kappa shape index (κ1) is 32.6. The van der Waals surface area contributed by atoms with E-state index in [4.69, 9.17) is 19.3 Å². The van der Waals surface area contributed by atoms with Crippen LogP contribution in [-0.4, -0.2) is 30.0 Å². The topological polar surface area (TPSA) is 55.2 Å². The number of hydrogen-bond donors (Lipinski definition) is 1. The molecular formula is C45H40BN3O2. The van der Waals surface area contributed by atoms with Crippen molar-refractivity contribution in [2.75, 3.05) is 0 Å². The Hall–Kier alpha value is -5.56. The highest BCUT2D eigenvalue weighted by atomic mass is 16.7. The van der Waals surface area contributed by atoms with Crippen molar-refractivity contribution >= 4 is 24.3 Å². The number of hydrogen-bond acceptors (Lipinski definition) is 5. The van der Waals surface area contributed by atoms with Crippen molar-refractivity contribution < 1.29 is 9.31 Å². The molecule has 6 heteroatoms. The lowest BCUT2D eigenvalue weighted by atomic mass is 9.78. The van der Waals surface area contributed by atoms with E-state index >= 15 is 0 Å². The minimum Gasteiger partial charge on any atom is -0.399 e. The molecule has 2 heterocycles. The molecule has 1 fully saturated rings. The maximum Gasteiger partial charge on any atom is 0.494 e. The van der Waals surface area contributed by atoms with Gasteiger partial charge in [0.2, 0.25) is 0 Å². The van der Waals surface area contributed by atoms with Gasteiger partial charge in [-0.3, -0.25) is 0 Å². The van der Waals surface area contributed by atoms with E-state index in [1.807, 2.05) is 24.3 Å². The van der Waals surface area contributed by atoms with Crippen molar-refractivity contribution in [1.82, 2.24) is 5.32 Å². The van der Waals surface area contributed by atoms with E-state index in [0.717, 1.165) is 45.0 Å². The SMILES string of the molecule is CC1(C)OB(c2cccc(C3=NC(c4cccc(-c5cc(-c6ccccc6)cc(-c6ccccc6)c5)c4)N=C(c4ccccc4)N3)c2)OC1(C)C. The van der Waals surface area contributed by atoms with Crippen LogP contribution < -0.4 is 10.8 Å². The molecule has 0 aliphatic carbocycles. The van der Waals surface area contributed by atoms with Gasteiger partial charge in [-0.1, -0.05) is 133 Å². The Morgan fingerprint density at radius 1 is 0.451 bits per heavy atom. The molecule has 51 heavy (non-hydrogen) atoms. The van der Waals surface area contributed by atoms with Crippen LogP contribution in [0.1, 0.15) is 50.6 Å². The van der Waals surface area contributed by atoms with E-state index in [9.17, 15) is 0 Å². The lowest BCUT2D eigenvalue weighted by Gasteiger charge is -2.32. The zero-order chi connectivity index (χ0) is 35.0. The van der Waals surface area contributed by atoms with Crippen molar-refractivity contribution in [3.63, 3.8) is 0 Å². The molecule has 0 spiro atoms. The third-order valence-electron chi connectivity index (χ3n) is 10.1. The first-order valence-corrected chi connectivity index (χ1v) is 17.5. The van der Waals surface area contributed by atoms with Gasteiger partial charge < -0.3 is 14.6 Å². The standard InChI is InChI=1S/C45H40BN3O2/c1-44(2)45(3,4)51-46(50-44)40-25-15-24-36(30-40)43-48-41(33-20-12-7-13-21-33)47-42(49-43)35-23-14-22-34(26-35)39-28-37(31-16-8-5-9-17-31)27-38(29-39)32-18-10-6-11-19-32/h5-30,42H,1-4H3,(H,47,48,49). The number of nitrogens with zero attached hydrogens (tertiary/aromatic N) is 2. The molecule has 6 aromatic rings. The van der Waals surface area contributed by atoms with Crippen LogP contribution in [0.4, 0.5) is 0 Å². The van der Waals surface area contributed by atoms with Crippen molar-refractivity contribution in [3.8, 4) is 33.4 Å². The fourth-order valence-electron chi connectivity index (χ4n) is 6.57. The second-order valence-corrected chi connectivity index (χ2v) is 14.2. The lowest BCUT2D eigenvalue weighted by Crippen LogP contribution is -2.41. The zero-order valence-electron chi connectivity index (χ0n) is 29.4. The summed E-state index contributed by atoms with van der Waals surface area (Å²) in [6.45, 7) is 8.30. The Kier molecular flexibility index (Phi) is 8.51. The minimum atomic E-state index is -0.471. The molecule has 1 atom stereocenters. The van der Waals surface area contributed by atoms with Gasteiger partial charge in [-0.05, 0) is 96.4 Å². The monoisotopic (exact) mass is 665 g/mol. The maximum atomic E-state index is 6.40. The fraction of sp³-hybridized carbons (Fsp3) is 0.156. The largest absolute Gasteiger partial charge is 0.494 e. The summed E-state index contributed by atoms with van der Waals surface area (Å²) >= 11 is 0. The van der Waals surface area contributed by atoms with Gasteiger partial charge in [0.15, 0.2) is 6.17 Å². The van der Waals surface area contributed by atoms with Crippen LogP contribution in [-0.2, 0) is 9.31 Å². The number of benzene rings is 6. The molecule has 6 aromatic carbocycles. The van der Waals surface area contributed by atoms with Gasteiger partial charge in [-0.2, -0.15) is 0 Å². The third-order valence-corrected chi connectivity index (χ3v) is 10.1. The fourth-order valence-corrected chi connectivity index (χ4v) is 6.57. The van der Waals surface area contributed by atoms with E-state index in [1.54, 1.807) is 0 Å². The van der Waals surface area contributed by atoms with Gasteiger partial charge in [0.25, 0.3) is 0 Å². The summed E-state index contributed by atoms with van der Waals surface area (Å²) in [5.41, 5.74) is 9.98. The normalized spacial score (nSPS) is 17.7. The summed E-state index contributed by atoms with van der Waals surface area (Å²) in [7, 11) is -0.471. The summed E-state index contributed by atoms with van der Waals surface area (Å²) in [6, 6.07) is 55.1. The molecule has 0 bridgehead atoms. The number of rotatable bonds is 7. The van der Waals surface area contributed by atoms with Gasteiger partial charge in [0.05, 0.1) is 11.2 Å². The molecule has 0 saturated carbocycles. The molecule has 8 rings (SSSR count). The Bertz CT molecular complexity index is 2180. The predicted molar refractivity (Wildman–Crippen MR) is 210 cm³/mol. The highest BCUT2D eigenvalue weighted by molar-refractivity contribution is 6.62. The molecule has 0 aromatic heterocycles. The quantitative estimate of drug-likeness (QED) is 0.173. The van der Waals surface area contributed by atoms with Gasteiger partial charge in [0.1, 0.15) is 11.7 Å². The zero-order valence-corrected chi connectivity index (χ0v) is 29.4. The summed E-state index contributed by atoms with van der Waals surface area (Å²) < 4.78 is 12.8. The summed E-state index contributed by atoms with van der Waals surface area (Å²) in [5.74, 6) is 1.52. The molecule has 1 unspecified atom stereocenters. The molecular weight excluding hydrogens is 625 g/mol. The van der Waals surface area contributed by atoms with Crippen LogP contribution in [0.5, 0.6) is 0 Å². The number of nitrogens with one attached hydrogen (secondary N) is 1. The predicted octanol–water partition coefficient (Wildman–Crippen LogP) is 9.48. The van der Waals surface area contributed by atoms with Gasteiger partial charge in [0, 0.05) is 11.1 Å². The van der Waals surface area contributed by atoms with Crippen LogP contribution in [0, 0.1) is 0 Å². The highest BCUT2D eigenvalue weighted by Gasteiger charge is 2.51. The van der Waals surface area contributed by atoms with Crippen molar-refractivity contribution in [1.29, 1.82) is 0 Å². The van der Waals surface area contributed by atoms with Crippen LogP contribution in [0.3, 0.4) is 0 Å². The molecule has 5 nitrogen and oxygen atoms in total. The number of aliphatic imine (C=N–C) groups is 2. The van der Waals surface area contributed by atoms with E-state index in [2.05, 4.69) is 166 Å². The maximum absolute atomic E-state index is 6.40. The van der Waals surface area contributed by atoms with Crippen molar-refractivity contribution in [2.24, 2.45) is 9.98 Å². The minimum absolute atomic E-state index is 0.431. The molecule has 1 saturated heterocycles. The first-order valence-electron chi connectivity index (χ1n) is 17.5. The summed E-state index contributed by atoms with van der Waals surface area (Å²) in [5, 5.41) is 3.55. The van der Waals surface area contributed by atoms with Gasteiger partial charge in [-0.15, -0.1) is 0 Å². The second kappa shape index (κ2) is 13.3. The van der Waals surface area contributed by atoms with Crippen LogP contribution in [0.25, 0.3) is 33.4 Å². The van der Waals surface area contributed by atoms with Gasteiger partial charge in [-0.25, -0.2) is 9.98 Å². The average Bonchev–Trinajstić information content (AvgIpc) is 3.41. The molecule has 2 aliphatic rings. The lowest BCUT2D eigenvalue weighted by molar-refractivity contribution is 0.00578. The smallest absolute Gasteiger partial charge is 0.399 e. The van der Waals surface area contributed by atoms with Crippen molar-refractivity contribution in [2.45, 2.75) is 45.1 Å². The highest BCUT2D eigenvalue weighted by Crippen LogP contribution is 2.37. The summed E-state index contributed by atoms with van der Waals surface area (Å²) in [4.78, 5) is 10.4. The molecule has 0 radical (unpaired) electrons.